The van der Waals surface area contributed by atoms with Crippen molar-refractivity contribution in [1.82, 2.24) is 4.72 Å². The molecule has 0 saturated carbocycles. The van der Waals surface area contributed by atoms with Crippen molar-refractivity contribution in [2.75, 3.05) is 18.5 Å². The number of anilines is 1. The highest BCUT2D eigenvalue weighted by Crippen LogP contribution is 2.22. The first-order valence-corrected chi connectivity index (χ1v) is 9.40. The third-order valence-electron chi connectivity index (χ3n) is 3.32. The lowest BCUT2D eigenvalue weighted by Gasteiger charge is -2.12. The van der Waals surface area contributed by atoms with Crippen LogP contribution < -0.4 is 14.8 Å². The summed E-state index contributed by atoms with van der Waals surface area (Å²) in [6.07, 6.45) is -4.53. The number of carbonyl (C=O) groups excluding carboxylic acids is 1. The fourth-order valence-electron chi connectivity index (χ4n) is 2.15. The summed E-state index contributed by atoms with van der Waals surface area (Å²) in [6.45, 7) is 0.151. The number of amides is 1. The molecular weight excluding hydrogens is 404 g/mol. The second-order valence-corrected chi connectivity index (χ2v) is 7.30. The van der Waals surface area contributed by atoms with Crippen molar-refractivity contribution < 1.29 is 35.5 Å². The highest BCUT2D eigenvalue weighted by Gasteiger charge is 2.28. The zero-order chi connectivity index (χ0) is 20.9. The molecule has 28 heavy (non-hydrogen) atoms. The van der Waals surface area contributed by atoms with Crippen molar-refractivity contribution in [3.8, 4) is 5.75 Å². The number of alkyl halides is 3. The van der Waals surface area contributed by atoms with Crippen molar-refractivity contribution in [3.63, 3.8) is 0 Å². The molecule has 0 saturated heterocycles. The second-order valence-electron chi connectivity index (χ2n) is 5.53. The van der Waals surface area contributed by atoms with Crippen molar-refractivity contribution >= 4 is 21.6 Å². The molecule has 11 heteroatoms. The van der Waals surface area contributed by atoms with Crippen LogP contribution in [-0.4, -0.2) is 33.7 Å². The summed E-state index contributed by atoms with van der Waals surface area (Å²) < 4.78 is 81.4. The molecule has 0 bridgehead atoms. The molecular formula is C17H16F4N2O4S. The van der Waals surface area contributed by atoms with Crippen LogP contribution in [0.4, 0.5) is 23.2 Å². The summed E-state index contributed by atoms with van der Waals surface area (Å²) in [4.78, 5) is 12.0. The number of halogens is 4. The molecule has 0 atom stereocenters. The van der Waals surface area contributed by atoms with E-state index in [1.54, 1.807) is 6.92 Å². The molecule has 2 aromatic carbocycles. The lowest BCUT2D eigenvalue weighted by atomic mass is 10.2. The van der Waals surface area contributed by atoms with Crippen LogP contribution in [0.2, 0.25) is 0 Å². The van der Waals surface area contributed by atoms with E-state index in [0.717, 1.165) is 24.3 Å². The van der Waals surface area contributed by atoms with Gasteiger partial charge in [0.1, 0.15) is 11.6 Å². The molecule has 0 aromatic heterocycles. The Bertz CT molecular complexity index is 962. The first-order chi connectivity index (χ1) is 13.0. The van der Waals surface area contributed by atoms with Crippen LogP contribution in [-0.2, 0) is 10.0 Å². The standard InChI is InChI=1S/C17H16F4N2O4S/c1-2-22-28(25,26)13-6-7-15(18)14(9-13)16(24)23-11-4-3-5-12(8-11)27-10-17(19,20)21/h3-9,22H,2,10H2,1H3,(H,23,24). The van der Waals surface area contributed by atoms with E-state index in [1.807, 2.05) is 0 Å². The Kier molecular flexibility index (Phi) is 6.62. The summed E-state index contributed by atoms with van der Waals surface area (Å²) in [7, 11) is -3.91. The van der Waals surface area contributed by atoms with E-state index in [9.17, 15) is 30.8 Å². The molecule has 0 aliphatic heterocycles. The topological polar surface area (TPSA) is 84.5 Å². The zero-order valence-electron chi connectivity index (χ0n) is 14.5. The van der Waals surface area contributed by atoms with Crippen molar-refractivity contribution in [2.45, 2.75) is 18.0 Å². The Hall–Kier alpha value is -2.66. The minimum Gasteiger partial charge on any atom is -0.484 e. The van der Waals surface area contributed by atoms with Crippen molar-refractivity contribution in [1.29, 1.82) is 0 Å². The van der Waals surface area contributed by atoms with Crippen LogP contribution in [0.5, 0.6) is 5.75 Å². The summed E-state index contributed by atoms with van der Waals surface area (Å²) in [5, 5.41) is 2.29. The Morgan fingerprint density at radius 2 is 1.86 bits per heavy atom. The van der Waals surface area contributed by atoms with E-state index in [2.05, 4.69) is 14.8 Å². The van der Waals surface area contributed by atoms with Crippen LogP contribution in [0.3, 0.4) is 0 Å². The Balaban J connectivity index is 2.21. The van der Waals surface area contributed by atoms with Crippen LogP contribution in [0.25, 0.3) is 0 Å². The van der Waals surface area contributed by atoms with Gasteiger partial charge in [-0.1, -0.05) is 13.0 Å². The SMILES string of the molecule is CCNS(=O)(=O)c1ccc(F)c(C(=O)Nc2cccc(OCC(F)(F)F)c2)c1. The first-order valence-electron chi connectivity index (χ1n) is 7.92. The minimum absolute atomic E-state index is 0.0454. The van der Waals surface area contributed by atoms with Crippen LogP contribution in [0.1, 0.15) is 17.3 Å². The summed E-state index contributed by atoms with van der Waals surface area (Å²) in [5.41, 5.74) is -0.496. The molecule has 1 amide bonds. The Morgan fingerprint density at radius 3 is 2.50 bits per heavy atom. The van der Waals surface area contributed by atoms with E-state index < -0.39 is 40.1 Å². The van der Waals surface area contributed by atoms with Crippen molar-refractivity contribution in [3.05, 3.63) is 53.8 Å². The number of benzene rings is 2. The van der Waals surface area contributed by atoms with Crippen molar-refractivity contribution in [2.24, 2.45) is 0 Å². The molecule has 2 aromatic rings. The third kappa shape index (κ3) is 5.92. The molecule has 0 unspecified atom stereocenters. The molecule has 2 N–H and O–H groups in total. The molecule has 0 heterocycles. The smallest absolute Gasteiger partial charge is 0.422 e. The Labute approximate surface area is 158 Å². The Morgan fingerprint density at radius 1 is 1.14 bits per heavy atom. The maximum atomic E-state index is 14.0. The summed E-state index contributed by atoms with van der Waals surface area (Å²) in [5.74, 6) is -2.09. The van der Waals surface area contributed by atoms with Gasteiger partial charge in [0.05, 0.1) is 10.5 Å². The van der Waals surface area contributed by atoms with E-state index in [-0.39, 0.29) is 22.9 Å². The monoisotopic (exact) mass is 420 g/mol. The fraction of sp³-hybridized carbons (Fsp3) is 0.235. The second kappa shape index (κ2) is 8.57. The molecule has 0 radical (unpaired) electrons. The number of rotatable bonds is 7. The van der Waals surface area contributed by atoms with Gasteiger partial charge >= 0.3 is 6.18 Å². The average molecular weight is 420 g/mol. The molecule has 0 aliphatic rings. The molecule has 6 nitrogen and oxygen atoms in total. The largest absolute Gasteiger partial charge is 0.484 e. The van der Waals surface area contributed by atoms with Gasteiger partial charge < -0.3 is 10.1 Å². The number of carbonyl (C=O) groups is 1. The molecule has 0 fully saturated rings. The van der Waals surface area contributed by atoms with E-state index in [0.29, 0.717) is 0 Å². The predicted octanol–water partition coefficient (Wildman–Crippen LogP) is 3.32. The normalized spacial score (nSPS) is 11.9. The van der Waals surface area contributed by atoms with Crippen LogP contribution >= 0.6 is 0 Å². The van der Waals surface area contributed by atoms with E-state index in [1.165, 1.54) is 18.2 Å². The third-order valence-corrected chi connectivity index (χ3v) is 4.86. The number of nitrogens with one attached hydrogen (secondary N) is 2. The van der Waals surface area contributed by atoms with Gasteiger partial charge in [-0.25, -0.2) is 17.5 Å². The van der Waals surface area contributed by atoms with Gasteiger partial charge in [0.15, 0.2) is 6.61 Å². The maximum absolute atomic E-state index is 14.0. The molecule has 152 valence electrons. The lowest BCUT2D eigenvalue weighted by Crippen LogP contribution is -2.24. The summed E-state index contributed by atoms with van der Waals surface area (Å²) in [6, 6.07) is 7.79. The fourth-order valence-corrected chi connectivity index (χ4v) is 3.21. The van der Waals surface area contributed by atoms with E-state index >= 15 is 0 Å². The number of ether oxygens (including phenoxy) is 1. The van der Waals surface area contributed by atoms with Gasteiger partial charge in [0.2, 0.25) is 10.0 Å². The zero-order valence-corrected chi connectivity index (χ0v) is 15.3. The maximum Gasteiger partial charge on any atom is 0.422 e. The number of hydrogen-bond donors (Lipinski definition) is 2. The molecule has 2 rings (SSSR count). The van der Waals surface area contributed by atoms with Crippen LogP contribution in [0.15, 0.2) is 47.4 Å². The lowest BCUT2D eigenvalue weighted by molar-refractivity contribution is -0.153. The first kappa shape index (κ1) is 21.6. The molecule has 0 spiro atoms. The molecule has 0 aliphatic carbocycles. The number of hydrogen-bond acceptors (Lipinski definition) is 4. The summed E-state index contributed by atoms with van der Waals surface area (Å²) >= 11 is 0. The number of sulfonamides is 1. The highest BCUT2D eigenvalue weighted by atomic mass is 32.2. The van der Waals surface area contributed by atoms with E-state index in [4.69, 9.17) is 0 Å². The van der Waals surface area contributed by atoms with Gasteiger partial charge in [-0.15, -0.1) is 0 Å². The van der Waals surface area contributed by atoms with Gasteiger partial charge in [0.25, 0.3) is 5.91 Å². The van der Waals surface area contributed by atoms with Gasteiger partial charge in [-0.05, 0) is 30.3 Å². The average Bonchev–Trinajstić information content (AvgIpc) is 2.60. The van der Waals surface area contributed by atoms with Gasteiger partial charge in [0, 0.05) is 18.3 Å². The highest BCUT2D eigenvalue weighted by molar-refractivity contribution is 7.89. The van der Waals surface area contributed by atoms with Gasteiger partial charge in [-0.3, -0.25) is 4.79 Å². The predicted molar refractivity (Wildman–Crippen MR) is 93.2 cm³/mol. The minimum atomic E-state index is -4.53. The van der Waals surface area contributed by atoms with Gasteiger partial charge in [-0.2, -0.15) is 13.2 Å². The quantitative estimate of drug-likeness (QED) is 0.673. The van der Waals surface area contributed by atoms with Crippen LogP contribution in [0, 0.1) is 5.82 Å².